The molecule has 3 nitrogen and oxygen atoms in total. The van der Waals surface area contributed by atoms with Gasteiger partial charge in [-0.1, -0.05) is 6.92 Å². The number of hydrogen-bond donors (Lipinski definition) is 0. The average molecular weight is 143 g/mol. The van der Waals surface area contributed by atoms with Crippen LogP contribution in [0.3, 0.4) is 0 Å². The third-order valence-electron chi connectivity index (χ3n) is 2.01. The molecule has 3 heteroatoms. The van der Waals surface area contributed by atoms with Crippen molar-refractivity contribution >= 4 is 5.91 Å². The van der Waals surface area contributed by atoms with Gasteiger partial charge >= 0.3 is 0 Å². The summed E-state index contributed by atoms with van der Waals surface area (Å²) in [5, 5.41) is 1.30. The lowest BCUT2D eigenvalue weighted by Crippen LogP contribution is -2.27. The van der Waals surface area contributed by atoms with E-state index in [1.54, 1.807) is 7.05 Å². The Morgan fingerprint density at radius 2 is 2.20 bits per heavy atom. The number of nitrogens with zero attached hydrogens (tertiary/aromatic N) is 1. The van der Waals surface area contributed by atoms with Crippen LogP contribution in [0.4, 0.5) is 0 Å². The Labute approximate surface area is 60.9 Å². The Morgan fingerprint density at radius 1 is 1.70 bits per heavy atom. The van der Waals surface area contributed by atoms with Gasteiger partial charge in [0.15, 0.2) is 0 Å². The molecule has 0 spiro atoms. The number of amides is 1. The molecule has 10 heavy (non-hydrogen) atoms. The van der Waals surface area contributed by atoms with Crippen molar-refractivity contribution in [3.63, 3.8) is 0 Å². The van der Waals surface area contributed by atoms with Crippen molar-refractivity contribution in [2.45, 2.75) is 13.3 Å². The zero-order valence-electron chi connectivity index (χ0n) is 6.63. The highest BCUT2D eigenvalue weighted by Gasteiger charge is 2.40. The molecule has 58 valence electrons. The molecule has 0 aliphatic heterocycles. The summed E-state index contributed by atoms with van der Waals surface area (Å²) in [6.45, 7) is 2.08. The monoisotopic (exact) mass is 143 g/mol. The number of hydroxylamine groups is 2. The molecule has 2 atom stereocenters. The molecule has 1 fully saturated rings. The molecule has 1 amide bonds. The maximum atomic E-state index is 11.1. The van der Waals surface area contributed by atoms with Gasteiger partial charge < -0.3 is 0 Å². The fourth-order valence-corrected chi connectivity index (χ4v) is 0.990. The van der Waals surface area contributed by atoms with Crippen LogP contribution in [0.2, 0.25) is 0 Å². The second kappa shape index (κ2) is 2.58. The predicted octanol–water partition coefficient (Wildman–Crippen LogP) is 0.662. The molecule has 2 unspecified atom stereocenters. The Hall–Kier alpha value is -0.570. The highest BCUT2D eigenvalue weighted by atomic mass is 16.7. The van der Waals surface area contributed by atoms with Crippen LogP contribution in [0.15, 0.2) is 0 Å². The maximum Gasteiger partial charge on any atom is 0.249 e. The Bertz CT molecular complexity index is 141. The minimum absolute atomic E-state index is 0.106. The molecule has 0 radical (unpaired) electrons. The van der Waals surface area contributed by atoms with Crippen molar-refractivity contribution in [3.8, 4) is 0 Å². The molecular formula is C7H13NO2. The van der Waals surface area contributed by atoms with E-state index in [0.29, 0.717) is 5.92 Å². The summed E-state index contributed by atoms with van der Waals surface area (Å²) in [7, 11) is 3.15. The maximum absolute atomic E-state index is 11.1. The van der Waals surface area contributed by atoms with Crippen molar-refractivity contribution in [2.75, 3.05) is 14.2 Å². The van der Waals surface area contributed by atoms with Gasteiger partial charge in [0, 0.05) is 13.0 Å². The topological polar surface area (TPSA) is 29.5 Å². The molecule has 0 aromatic rings. The quantitative estimate of drug-likeness (QED) is 0.531. The van der Waals surface area contributed by atoms with Gasteiger partial charge in [0.1, 0.15) is 0 Å². The summed E-state index contributed by atoms with van der Waals surface area (Å²) in [6.07, 6.45) is 1.02. The lowest BCUT2D eigenvalue weighted by Gasteiger charge is -2.12. The first kappa shape index (κ1) is 7.54. The van der Waals surface area contributed by atoms with Crippen LogP contribution in [0, 0.1) is 11.8 Å². The molecule has 0 heterocycles. The highest BCUT2D eigenvalue weighted by molar-refractivity contribution is 5.80. The molecule has 1 rings (SSSR count). The van der Waals surface area contributed by atoms with Gasteiger partial charge in [0.05, 0.1) is 7.11 Å². The van der Waals surface area contributed by atoms with E-state index in [4.69, 9.17) is 4.84 Å². The van der Waals surface area contributed by atoms with E-state index in [-0.39, 0.29) is 11.8 Å². The van der Waals surface area contributed by atoms with Crippen molar-refractivity contribution < 1.29 is 9.63 Å². The van der Waals surface area contributed by atoms with Crippen LogP contribution in [-0.2, 0) is 9.63 Å². The minimum Gasteiger partial charge on any atom is -0.275 e. The molecular weight excluding hydrogens is 130 g/mol. The summed E-state index contributed by atoms with van der Waals surface area (Å²) in [5.41, 5.74) is 0. The smallest absolute Gasteiger partial charge is 0.249 e. The van der Waals surface area contributed by atoms with E-state index >= 15 is 0 Å². The minimum atomic E-state index is 0.106. The van der Waals surface area contributed by atoms with Crippen molar-refractivity contribution in [2.24, 2.45) is 11.8 Å². The first-order chi connectivity index (χ1) is 4.66. The standard InChI is InChI=1S/C7H13NO2/c1-5-4-6(5)7(9)8(2)10-3/h5-6H,4H2,1-3H3. The zero-order valence-corrected chi connectivity index (χ0v) is 6.63. The molecule has 0 N–H and O–H groups in total. The molecule has 1 aliphatic rings. The largest absolute Gasteiger partial charge is 0.275 e. The van der Waals surface area contributed by atoms with E-state index in [1.807, 2.05) is 0 Å². The third kappa shape index (κ3) is 1.29. The first-order valence-corrected chi connectivity index (χ1v) is 3.48. The zero-order chi connectivity index (χ0) is 7.72. The van der Waals surface area contributed by atoms with Crippen LogP contribution < -0.4 is 0 Å². The first-order valence-electron chi connectivity index (χ1n) is 3.48. The van der Waals surface area contributed by atoms with Crippen molar-refractivity contribution in [3.05, 3.63) is 0 Å². The number of hydrogen-bond acceptors (Lipinski definition) is 2. The second-order valence-corrected chi connectivity index (χ2v) is 2.84. The number of rotatable bonds is 2. The fraction of sp³-hybridized carbons (Fsp3) is 0.857. The van der Waals surface area contributed by atoms with Crippen LogP contribution in [0.5, 0.6) is 0 Å². The summed E-state index contributed by atoms with van der Waals surface area (Å²) in [5.74, 6) is 0.894. The summed E-state index contributed by atoms with van der Waals surface area (Å²) < 4.78 is 0. The lowest BCUT2D eigenvalue weighted by molar-refractivity contribution is -0.170. The van der Waals surface area contributed by atoms with Gasteiger partial charge in [-0.3, -0.25) is 9.63 Å². The van der Waals surface area contributed by atoms with Crippen LogP contribution in [0.1, 0.15) is 13.3 Å². The predicted molar refractivity (Wildman–Crippen MR) is 37.0 cm³/mol. The molecule has 1 aliphatic carbocycles. The van der Waals surface area contributed by atoms with Gasteiger partial charge in [0.25, 0.3) is 0 Å². The van der Waals surface area contributed by atoms with Crippen molar-refractivity contribution in [1.82, 2.24) is 5.06 Å². The molecule has 0 bridgehead atoms. The fourth-order valence-electron chi connectivity index (χ4n) is 0.990. The molecule has 0 aromatic carbocycles. The SMILES string of the molecule is CON(C)C(=O)C1CC1C. The average Bonchev–Trinajstić information content (AvgIpc) is 2.63. The van der Waals surface area contributed by atoms with E-state index in [0.717, 1.165) is 6.42 Å². The van der Waals surface area contributed by atoms with Crippen LogP contribution in [-0.4, -0.2) is 25.1 Å². The van der Waals surface area contributed by atoms with Gasteiger partial charge in [-0.05, 0) is 12.3 Å². The van der Waals surface area contributed by atoms with E-state index in [1.165, 1.54) is 12.2 Å². The molecule has 1 saturated carbocycles. The Kier molecular flexibility index (Phi) is 1.94. The Morgan fingerprint density at radius 3 is 2.50 bits per heavy atom. The summed E-state index contributed by atoms with van der Waals surface area (Å²) in [4.78, 5) is 15.9. The normalized spacial score (nSPS) is 29.9. The van der Waals surface area contributed by atoms with Gasteiger partial charge in [-0.25, -0.2) is 5.06 Å². The van der Waals surface area contributed by atoms with E-state index < -0.39 is 0 Å². The van der Waals surface area contributed by atoms with Crippen LogP contribution >= 0.6 is 0 Å². The van der Waals surface area contributed by atoms with E-state index in [2.05, 4.69) is 6.92 Å². The molecule has 0 aromatic heterocycles. The number of carbonyl (C=O) groups is 1. The highest BCUT2D eigenvalue weighted by Crippen LogP contribution is 2.38. The van der Waals surface area contributed by atoms with E-state index in [9.17, 15) is 4.79 Å². The number of carbonyl (C=O) groups excluding carboxylic acids is 1. The van der Waals surface area contributed by atoms with Crippen LogP contribution in [0.25, 0.3) is 0 Å². The third-order valence-corrected chi connectivity index (χ3v) is 2.01. The van der Waals surface area contributed by atoms with Crippen molar-refractivity contribution in [1.29, 1.82) is 0 Å². The van der Waals surface area contributed by atoms with Gasteiger partial charge in [0.2, 0.25) is 5.91 Å². The second-order valence-electron chi connectivity index (χ2n) is 2.84. The molecule has 0 saturated heterocycles. The summed E-state index contributed by atoms with van der Waals surface area (Å²) >= 11 is 0. The summed E-state index contributed by atoms with van der Waals surface area (Å²) in [6, 6.07) is 0. The van der Waals surface area contributed by atoms with Gasteiger partial charge in [-0.2, -0.15) is 0 Å². The Balaban J connectivity index is 2.35. The lowest BCUT2D eigenvalue weighted by atomic mass is 10.3. The van der Waals surface area contributed by atoms with Gasteiger partial charge in [-0.15, -0.1) is 0 Å².